The number of rotatable bonds is 7. The van der Waals surface area contributed by atoms with Crippen molar-refractivity contribution < 1.29 is 4.79 Å². The van der Waals surface area contributed by atoms with Crippen LogP contribution < -0.4 is 10.6 Å². The molecule has 1 heterocycles. The zero-order valence-electron chi connectivity index (χ0n) is 15.3. The Morgan fingerprint density at radius 2 is 2.04 bits per heavy atom. The lowest BCUT2D eigenvalue weighted by molar-refractivity contribution is -0.133. The molecule has 1 atom stereocenters. The number of carbonyl (C=O) groups is 1. The lowest BCUT2D eigenvalue weighted by atomic mass is 10.2. The van der Waals surface area contributed by atoms with Crippen molar-refractivity contribution in [3.05, 3.63) is 0 Å². The number of likely N-dealkylation sites (N-methyl/N-ethyl adjacent to an activating group) is 1. The molecule has 0 aliphatic carbocycles. The van der Waals surface area contributed by atoms with E-state index in [-0.39, 0.29) is 35.9 Å². The minimum atomic E-state index is 0. The molecular weight excluding hydrogens is 405 g/mol. The number of nitrogens with zero attached hydrogens (tertiary/aromatic N) is 3. The van der Waals surface area contributed by atoms with Gasteiger partial charge in [0.15, 0.2) is 5.96 Å². The van der Waals surface area contributed by atoms with Crippen LogP contribution >= 0.6 is 24.0 Å². The Morgan fingerprint density at radius 1 is 1.35 bits per heavy atom. The third-order valence-electron chi connectivity index (χ3n) is 3.91. The van der Waals surface area contributed by atoms with Gasteiger partial charge in [0.05, 0.1) is 6.04 Å². The maximum absolute atomic E-state index is 12.1. The second kappa shape index (κ2) is 11.9. The van der Waals surface area contributed by atoms with Crippen LogP contribution in [0.4, 0.5) is 0 Å². The summed E-state index contributed by atoms with van der Waals surface area (Å²) in [5, 5.41) is 6.64. The highest BCUT2D eigenvalue weighted by Crippen LogP contribution is 2.18. The fourth-order valence-electron chi connectivity index (χ4n) is 2.68. The largest absolute Gasteiger partial charge is 0.356 e. The topological polar surface area (TPSA) is 60.0 Å². The molecule has 23 heavy (non-hydrogen) atoms. The van der Waals surface area contributed by atoms with E-state index >= 15 is 0 Å². The number of guanidine groups is 1. The van der Waals surface area contributed by atoms with Gasteiger partial charge >= 0.3 is 0 Å². The molecule has 0 aromatic rings. The molecule has 136 valence electrons. The first kappa shape index (κ1) is 22.4. The lowest BCUT2D eigenvalue weighted by Gasteiger charge is -2.26. The number of halogens is 1. The number of aliphatic imine (C=N–C) groups is 1. The SMILES string of the molecule is CN=C(NCCCN1CCCC1C(=O)N(C)C)NCC(C)C.I. The summed E-state index contributed by atoms with van der Waals surface area (Å²) in [7, 11) is 5.47. The van der Waals surface area contributed by atoms with Crippen LogP contribution in [0.5, 0.6) is 0 Å². The van der Waals surface area contributed by atoms with Crippen molar-refractivity contribution in [2.24, 2.45) is 10.9 Å². The molecular formula is C16H34IN5O. The van der Waals surface area contributed by atoms with Gasteiger partial charge in [-0.05, 0) is 31.7 Å². The smallest absolute Gasteiger partial charge is 0.239 e. The number of carbonyl (C=O) groups excluding carboxylic acids is 1. The van der Waals surface area contributed by atoms with E-state index in [4.69, 9.17) is 0 Å². The van der Waals surface area contributed by atoms with Crippen molar-refractivity contribution in [2.45, 2.75) is 39.2 Å². The molecule has 7 heteroatoms. The van der Waals surface area contributed by atoms with Gasteiger partial charge < -0.3 is 15.5 Å². The van der Waals surface area contributed by atoms with E-state index in [1.54, 1.807) is 11.9 Å². The van der Waals surface area contributed by atoms with Crippen molar-refractivity contribution in [3.63, 3.8) is 0 Å². The number of likely N-dealkylation sites (tertiary alicyclic amines) is 1. The van der Waals surface area contributed by atoms with Crippen LogP contribution in [0.15, 0.2) is 4.99 Å². The number of hydrogen-bond donors (Lipinski definition) is 2. The van der Waals surface area contributed by atoms with Gasteiger partial charge in [-0.1, -0.05) is 13.8 Å². The Kier molecular flexibility index (Phi) is 11.6. The summed E-state index contributed by atoms with van der Waals surface area (Å²) >= 11 is 0. The molecule has 6 nitrogen and oxygen atoms in total. The predicted octanol–water partition coefficient (Wildman–Crippen LogP) is 1.37. The van der Waals surface area contributed by atoms with Crippen molar-refractivity contribution in [1.82, 2.24) is 20.4 Å². The first-order valence-corrected chi connectivity index (χ1v) is 8.35. The van der Waals surface area contributed by atoms with E-state index in [0.29, 0.717) is 5.92 Å². The summed E-state index contributed by atoms with van der Waals surface area (Å²) < 4.78 is 0. The van der Waals surface area contributed by atoms with E-state index in [1.165, 1.54) is 0 Å². The Hall–Kier alpha value is -0.570. The van der Waals surface area contributed by atoms with Crippen LogP contribution in [0.2, 0.25) is 0 Å². The van der Waals surface area contributed by atoms with Crippen molar-refractivity contribution >= 4 is 35.8 Å². The summed E-state index contributed by atoms with van der Waals surface area (Å²) in [6, 6.07) is 0.0772. The van der Waals surface area contributed by atoms with Gasteiger partial charge in [0.2, 0.25) is 5.91 Å². The van der Waals surface area contributed by atoms with E-state index < -0.39 is 0 Å². The second-order valence-electron chi connectivity index (χ2n) is 6.55. The Morgan fingerprint density at radius 3 is 2.61 bits per heavy atom. The summed E-state index contributed by atoms with van der Waals surface area (Å²) in [6.07, 6.45) is 3.12. The summed E-state index contributed by atoms with van der Waals surface area (Å²) in [5.41, 5.74) is 0. The van der Waals surface area contributed by atoms with Gasteiger partial charge in [-0.2, -0.15) is 0 Å². The van der Waals surface area contributed by atoms with Gasteiger partial charge in [-0.25, -0.2) is 0 Å². The zero-order chi connectivity index (χ0) is 16.5. The summed E-state index contributed by atoms with van der Waals surface area (Å²) in [5.74, 6) is 1.69. The molecule has 1 unspecified atom stereocenters. The van der Waals surface area contributed by atoms with Crippen LogP contribution in [0.3, 0.4) is 0 Å². The maximum atomic E-state index is 12.1. The van der Waals surface area contributed by atoms with Crippen molar-refractivity contribution in [3.8, 4) is 0 Å². The fraction of sp³-hybridized carbons (Fsp3) is 0.875. The molecule has 0 bridgehead atoms. The minimum Gasteiger partial charge on any atom is -0.356 e. The van der Waals surface area contributed by atoms with Gasteiger partial charge in [0.25, 0.3) is 0 Å². The molecule has 0 radical (unpaired) electrons. The molecule has 1 aliphatic rings. The normalized spacial score (nSPS) is 18.7. The minimum absolute atomic E-state index is 0. The van der Waals surface area contributed by atoms with Crippen LogP contribution in [0, 0.1) is 5.92 Å². The van der Waals surface area contributed by atoms with E-state index in [0.717, 1.165) is 51.4 Å². The van der Waals surface area contributed by atoms with E-state index in [2.05, 4.69) is 34.4 Å². The van der Waals surface area contributed by atoms with Crippen LogP contribution in [0.25, 0.3) is 0 Å². The molecule has 2 N–H and O–H groups in total. The lowest BCUT2D eigenvalue weighted by Crippen LogP contribution is -2.44. The summed E-state index contributed by atoms with van der Waals surface area (Å²) in [4.78, 5) is 20.4. The summed E-state index contributed by atoms with van der Waals surface area (Å²) in [6.45, 7) is 8.14. The molecule has 1 amide bonds. The molecule has 1 aliphatic heterocycles. The molecule has 0 aromatic heterocycles. The average molecular weight is 439 g/mol. The fourth-order valence-corrected chi connectivity index (χ4v) is 2.68. The predicted molar refractivity (Wildman–Crippen MR) is 108 cm³/mol. The maximum Gasteiger partial charge on any atom is 0.239 e. The molecule has 0 aromatic carbocycles. The van der Waals surface area contributed by atoms with Gasteiger partial charge in [0.1, 0.15) is 0 Å². The molecule has 1 rings (SSSR count). The number of nitrogens with one attached hydrogen (secondary N) is 2. The van der Waals surface area contributed by atoms with E-state index in [1.807, 2.05) is 14.1 Å². The van der Waals surface area contributed by atoms with Crippen LogP contribution in [-0.4, -0.2) is 75.0 Å². The number of amides is 1. The van der Waals surface area contributed by atoms with Gasteiger partial charge in [-0.15, -0.1) is 24.0 Å². The highest BCUT2D eigenvalue weighted by atomic mass is 127. The first-order valence-electron chi connectivity index (χ1n) is 8.35. The Bertz CT molecular complexity index is 373. The monoisotopic (exact) mass is 439 g/mol. The molecule has 1 fully saturated rings. The standard InChI is InChI=1S/C16H33N5O.HI/c1-13(2)12-19-16(17-3)18-9-7-11-21-10-6-8-14(21)15(22)20(4)5;/h13-14H,6-12H2,1-5H3,(H2,17,18,19);1H. The van der Waals surface area contributed by atoms with Crippen LogP contribution in [0.1, 0.15) is 33.1 Å². The van der Waals surface area contributed by atoms with Crippen molar-refractivity contribution in [1.29, 1.82) is 0 Å². The quantitative estimate of drug-likeness (QED) is 0.272. The molecule has 0 saturated carbocycles. The van der Waals surface area contributed by atoms with Gasteiger partial charge in [0, 0.05) is 40.8 Å². The van der Waals surface area contributed by atoms with Gasteiger partial charge in [-0.3, -0.25) is 14.7 Å². The third-order valence-corrected chi connectivity index (χ3v) is 3.91. The molecule has 0 spiro atoms. The zero-order valence-corrected chi connectivity index (χ0v) is 17.6. The van der Waals surface area contributed by atoms with E-state index in [9.17, 15) is 4.79 Å². The Labute approximate surface area is 158 Å². The highest BCUT2D eigenvalue weighted by Gasteiger charge is 2.30. The first-order chi connectivity index (χ1) is 10.5. The highest BCUT2D eigenvalue weighted by molar-refractivity contribution is 14.0. The third kappa shape index (κ3) is 8.19. The average Bonchev–Trinajstić information content (AvgIpc) is 2.93. The molecule has 1 saturated heterocycles. The Balaban J connectivity index is 0.00000484. The second-order valence-corrected chi connectivity index (χ2v) is 6.55. The number of hydrogen-bond acceptors (Lipinski definition) is 3. The van der Waals surface area contributed by atoms with Crippen molar-refractivity contribution in [2.75, 3.05) is 47.3 Å². The van der Waals surface area contributed by atoms with Crippen LogP contribution in [-0.2, 0) is 4.79 Å².